The van der Waals surface area contributed by atoms with Gasteiger partial charge in [0.25, 0.3) is 0 Å². The fraction of sp³-hybridized carbons (Fsp3) is 0.400. The maximum Gasteiger partial charge on any atom is 0.117 e. The molecule has 7 heteroatoms. The molecule has 3 nitrogen and oxygen atoms in total. The predicted octanol–water partition coefficient (Wildman–Crippen LogP) is 3.69. The van der Waals surface area contributed by atoms with Crippen LogP contribution in [-0.4, -0.2) is 17.8 Å². The minimum Gasteiger partial charge on any atom is -0.367 e. The van der Waals surface area contributed by atoms with Gasteiger partial charge in [0.15, 0.2) is 0 Å². The Bertz CT molecular complexity index is 444. The number of allylic oxidation sites excluding steroid dienone is 2. The summed E-state index contributed by atoms with van der Waals surface area (Å²) in [6, 6.07) is 4.14. The molecule has 0 radical (unpaired) electrons. The average molecular weight is 300 g/mol. The Balaban J connectivity index is 2.08. The Morgan fingerprint density at radius 3 is 2.41 bits per heavy atom. The van der Waals surface area contributed by atoms with E-state index in [4.69, 9.17) is 15.3 Å². The highest BCUT2D eigenvalue weighted by Crippen LogP contribution is 2.56. The van der Waals surface area contributed by atoms with Gasteiger partial charge < -0.3 is 4.74 Å². The SMILES string of the molecule is CCOC1CSC(=C2SC(C#N)=C(C#N)S2)S1. The first-order valence-electron chi connectivity index (χ1n) is 4.84. The lowest BCUT2D eigenvalue weighted by molar-refractivity contribution is 0.141. The Morgan fingerprint density at radius 1 is 1.24 bits per heavy atom. The number of thioether (sulfide) groups is 4. The molecule has 1 unspecified atom stereocenters. The van der Waals surface area contributed by atoms with Gasteiger partial charge in [-0.3, -0.25) is 0 Å². The van der Waals surface area contributed by atoms with Crippen molar-refractivity contribution in [2.75, 3.05) is 12.4 Å². The van der Waals surface area contributed by atoms with Gasteiger partial charge in [0.05, 0.1) is 8.47 Å². The number of hydrogen-bond acceptors (Lipinski definition) is 7. The third-order valence-corrected chi connectivity index (χ3v) is 7.60. The molecule has 1 fully saturated rings. The molecule has 2 aliphatic heterocycles. The van der Waals surface area contributed by atoms with E-state index in [9.17, 15) is 0 Å². The normalized spacial score (nSPS) is 24.1. The van der Waals surface area contributed by atoms with Crippen molar-refractivity contribution in [3.8, 4) is 12.1 Å². The lowest BCUT2D eigenvalue weighted by Crippen LogP contribution is -2.05. The molecule has 2 rings (SSSR count). The molecular weight excluding hydrogens is 292 g/mol. The summed E-state index contributed by atoms with van der Waals surface area (Å²) in [6.07, 6.45) is 0. The van der Waals surface area contributed by atoms with Crippen LogP contribution in [0.4, 0.5) is 0 Å². The topological polar surface area (TPSA) is 56.8 Å². The first-order valence-corrected chi connectivity index (χ1v) is 8.33. The first kappa shape index (κ1) is 13.3. The van der Waals surface area contributed by atoms with Crippen molar-refractivity contribution in [3.63, 3.8) is 0 Å². The Hall–Kier alpha value is -0.180. The molecule has 0 aliphatic carbocycles. The molecular formula is C10H8N2OS4. The van der Waals surface area contributed by atoms with Crippen molar-refractivity contribution in [2.45, 2.75) is 12.4 Å². The van der Waals surface area contributed by atoms with Gasteiger partial charge in [-0.2, -0.15) is 10.5 Å². The van der Waals surface area contributed by atoms with E-state index in [0.717, 1.165) is 9.99 Å². The summed E-state index contributed by atoms with van der Waals surface area (Å²) in [5, 5.41) is 17.8. The van der Waals surface area contributed by atoms with Crippen LogP contribution in [0.1, 0.15) is 6.92 Å². The van der Waals surface area contributed by atoms with E-state index >= 15 is 0 Å². The van der Waals surface area contributed by atoms with Crippen molar-refractivity contribution in [1.82, 2.24) is 0 Å². The van der Waals surface area contributed by atoms with E-state index in [0.29, 0.717) is 16.4 Å². The van der Waals surface area contributed by atoms with Crippen LogP contribution in [0.15, 0.2) is 18.3 Å². The summed E-state index contributed by atoms with van der Waals surface area (Å²) in [5.74, 6) is 0.933. The van der Waals surface area contributed by atoms with E-state index in [1.807, 2.05) is 6.92 Å². The number of nitriles is 2. The zero-order valence-corrected chi connectivity index (χ0v) is 12.2. The summed E-state index contributed by atoms with van der Waals surface area (Å²) in [5.41, 5.74) is 0.199. The molecule has 0 aromatic rings. The monoisotopic (exact) mass is 300 g/mol. The standard InChI is InChI=1S/C10H8N2OS4/c1-2-13-8-5-14-9(17-8)10-15-6(3-11)7(4-12)16-10/h8H,2,5H2,1H3. The van der Waals surface area contributed by atoms with E-state index in [-0.39, 0.29) is 5.44 Å². The predicted molar refractivity (Wildman–Crippen MR) is 75.9 cm³/mol. The highest BCUT2D eigenvalue weighted by molar-refractivity contribution is 8.33. The summed E-state index contributed by atoms with van der Waals surface area (Å²) < 4.78 is 7.77. The number of rotatable bonds is 2. The number of ether oxygens (including phenoxy) is 1. The third kappa shape index (κ3) is 2.98. The van der Waals surface area contributed by atoms with Crippen LogP contribution in [0.25, 0.3) is 0 Å². The molecule has 0 spiro atoms. The third-order valence-electron chi connectivity index (χ3n) is 1.91. The minimum atomic E-state index is 0.199. The van der Waals surface area contributed by atoms with Crippen molar-refractivity contribution >= 4 is 47.0 Å². The van der Waals surface area contributed by atoms with Crippen LogP contribution in [0, 0.1) is 22.7 Å². The second kappa shape index (κ2) is 6.12. The van der Waals surface area contributed by atoms with Crippen molar-refractivity contribution in [1.29, 1.82) is 10.5 Å². The molecule has 1 atom stereocenters. The molecule has 0 bridgehead atoms. The molecule has 1 saturated heterocycles. The molecule has 88 valence electrons. The zero-order valence-electron chi connectivity index (χ0n) is 8.93. The van der Waals surface area contributed by atoms with Crippen LogP contribution >= 0.6 is 47.0 Å². The summed E-state index contributed by atoms with van der Waals surface area (Å²) in [6.45, 7) is 2.70. The maximum absolute atomic E-state index is 8.91. The quantitative estimate of drug-likeness (QED) is 0.770. The van der Waals surface area contributed by atoms with Crippen molar-refractivity contribution < 1.29 is 4.74 Å². The molecule has 17 heavy (non-hydrogen) atoms. The molecule has 0 aromatic heterocycles. The van der Waals surface area contributed by atoms with Gasteiger partial charge in [-0.1, -0.05) is 35.3 Å². The van der Waals surface area contributed by atoms with E-state index in [1.54, 1.807) is 23.5 Å². The van der Waals surface area contributed by atoms with Gasteiger partial charge in [0, 0.05) is 12.4 Å². The number of nitrogens with zero attached hydrogens (tertiary/aromatic N) is 2. The fourth-order valence-electron chi connectivity index (χ4n) is 1.24. The summed E-state index contributed by atoms with van der Waals surface area (Å²) >= 11 is 6.24. The van der Waals surface area contributed by atoms with E-state index < -0.39 is 0 Å². The van der Waals surface area contributed by atoms with Gasteiger partial charge in [0.1, 0.15) is 27.4 Å². The molecule has 0 saturated carbocycles. The average Bonchev–Trinajstić information content (AvgIpc) is 2.94. The Kier molecular flexibility index (Phi) is 4.78. The minimum absolute atomic E-state index is 0.199. The van der Waals surface area contributed by atoms with Crippen LogP contribution in [-0.2, 0) is 4.74 Å². The van der Waals surface area contributed by atoms with Crippen molar-refractivity contribution in [3.05, 3.63) is 18.3 Å². The van der Waals surface area contributed by atoms with Crippen LogP contribution in [0.2, 0.25) is 0 Å². The lowest BCUT2D eigenvalue weighted by atomic mass is 10.5. The molecule has 0 aromatic carbocycles. The molecule has 2 aliphatic rings. The van der Waals surface area contributed by atoms with Crippen molar-refractivity contribution in [2.24, 2.45) is 0 Å². The van der Waals surface area contributed by atoms with Crippen LogP contribution < -0.4 is 0 Å². The largest absolute Gasteiger partial charge is 0.367 e. The highest BCUT2D eigenvalue weighted by Gasteiger charge is 2.30. The summed E-state index contributed by atoms with van der Waals surface area (Å²) in [7, 11) is 0. The van der Waals surface area contributed by atoms with Gasteiger partial charge >= 0.3 is 0 Å². The molecule has 0 amide bonds. The second-order valence-electron chi connectivity index (χ2n) is 2.97. The Morgan fingerprint density at radius 2 is 1.88 bits per heavy atom. The van der Waals surface area contributed by atoms with Crippen LogP contribution in [0.3, 0.4) is 0 Å². The van der Waals surface area contributed by atoms with Crippen LogP contribution in [0.5, 0.6) is 0 Å². The van der Waals surface area contributed by atoms with Gasteiger partial charge in [-0.25, -0.2) is 0 Å². The van der Waals surface area contributed by atoms with Gasteiger partial charge in [-0.15, -0.1) is 11.8 Å². The molecule has 0 N–H and O–H groups in total. The lowest BCUT2D eigenvalue weighted by Gasteiger charge is -2.06. The fourth-order valence-corrected chi connectivity index (χ4v) is 6.52. The second-order valence-corrected chi connectivity index (χ2v) is 7.73. The first-order chi connectivity index (χ1) is 8.28. The zero-order chi connectivity index (χ0) is 12.3. The number of hydrogen-bond donors (Lipinski definition) is 0. The van der Waals surface area contributed by atoms with E-state index in [2.05, 4.69) is 12.1 Å². The van der Waals surface area contributed by atoms with Gasteiger partial charge in [0.2, 0.25) is 0 Å². The van der Waals surface area contributed by atoms with E-state index in [1.165, 1.54) is 27.8 Å². The Labute approximate surface area is 117 Å². The summed E-state index contributed by atoms with van der Waals surface area (Å²) in [4.78, 5) is 1.03. The maximum atomic E-state index is 8.91. The smallest absolute Gasteiger partial charge is 0.117 e. The van der Waals surface area contributed by atoms with Gasteiger partial charge in [-0.05, 0) is 6.92 Å². The molecule has 2 heterocycles. The highest BCUT2D eigenvalue weighted by atomic mass is 32.2.